The van der Waals surface area contributed by atoms with E-state index in [1.165, 1.54) is 0 Å². The van der Waals surface area contributed by atoms with Crippen molar-refractivity contribution >= 4 is 22.6 Å². The molecule has 5 heteroatoms. The lowest BCUT2D eigenvalue weighted by Crippen LogP contribution is -2.57. The summed E-state index contributed by atoms with van der Waals surface area (Å²) in [5, 5.41) is 16.9. The van der Waals surface area contributed by atoms with Crippen molar-refractivity contribution in [1.29, 1.82) is 0 Å². The monoisotopic (exact) mass is 270 g/mol. The number of nitrogens with one attached hydrogen (secondary N) is 2. The van der Waals surface area contributed by atoms with Crippen LogP contribution in [0.4, 0.5) is 0 Å². The van der Waals surface area contributed by atoms with Gasteiger partial charge in [0.15, 0.2) is 0 Å². The van der Waals surface area contributed by atoms with Gasteiger partial charge in [-0.15, -0.1) is 0 Å². The topological polar surface area (TPSA) is 78.4 Å². The normalized spacial score (nSPS) is 22.5. The van der Waals surface area contributed by atoms with E-state index in [0.29, 0.717) is 0 Å². The van der Waals surface area contributed by atoms with E-state index in [-0.39, 0.29) is 12.5 Å². The van der Waals surface area contributed by atoms with Crippen LogP contribution in [0.15, 0.2) is 42.5 Å². The fraction of sp³-hybridized carbons (Fsp3) is 0.200. The van der Waals surface area contributed by atoms with Gasteiger partial charge in [0, 0.05) is 0 Å². The second kappa shape index (κ2) is 4.94. The van der Waals surface area contributed by atoms with Crippen LogP contribution < -0.4 is 10.6 Å². The van der Waals surface area contributed by atoms with Crippen LogP contribution in [0.5, 0.6) is 0 Å². The summed E-state index contributed by atoms with van der Waals surface area (Å²) < 4.78 is 0. The Morgan fingerprint density at radius 1 is 1.15 bits per heavy atom. The maximum atomic E-state index is 11.5. The fourth-order valence-electron chi connectivity index (χ4n) is 2.54. The summed E-state index contributed by atoms with van der Waals surface area (Å²) in [6.07, 6.45) is 0. The van der Waals surface area contributed by atoms with Crippen LogP contribution in [0.1, 0.15) is 11.6 Å². The number of aliphatic carboxylic acids is 1. The van der Waals surface area contributed by atoms with Crippen LogP contribution in [-0.4, -0.2) is 29.6 Å². The zero-order valence-electron chi connectivity index (χ0n) is 10.7. The molecule has 3 N–H and O–H groups in total. The summed E-state index contributed by atoms with van der Waals surface area (Å²) in [5.41, 5.74) is 0.789. The second-order valence-corrected chi connectivity index (χ2v) is 4.85. The molecular formula is C15H14N2O3. The lowest BCUT2D eigenvalue weighted by atomic mass is 9.95. The van der Waals surface area contributed by atoms with Crippen LogP contribution in [-0.2, 0) is 9.59 Å². The van der Waals surface area contributed by atoms with Gasteiger partial charge in [-0.2, -0.15) is 0 Å². The first-order valence-electron chi connectivity index (χ1n) is 6.39. The highest BCUT2D eigenvalue weighted by atomic mass is 16.4. The lowest BCUT2D eigenvalue weighted by Gasteiger charge is -2.30. The summed E-state index contributed by atoms with van der Waals surface area (Å²) in [5.74, 6) is -1.16. The highest BCUT2D eigenvalue weighted by Gasteiger charge is 2.34. The summed E-state index contributed by atoms with van der Waals surface area (Å²) in [4.78, 5) is 22.8. The third kappa shape index (κ3) is 2.23. The molecule has 0 aliphatic carbocycles. The minimum Gasteiger partial charge on any atom is -0.480 e. The van der Waals surface area contributed by atoms with Gasteiger partial charge in [0.2, 0.25) is 5.91 Å². The summed E-state index contributed by atoms with van der Waals surface area (Å²) in [6, 6.07) is 12.2. The Labute approximate surface area is 115 Å². The Morgan fingerprint density at radius 2 is 1.90 bits per heavy atom. The van der Waals surface area contributed by atoms with Crippen molar-refractivity contribution in [3.8, 4) is 0 Å². The van der Waals surface area contributed by atoms with Crippen LogP contribution >= 0.6 is 0 Å². The van der Waals surface area contributed by atoms with Gasteiger partial charge >= 0.3 is 5.97 Å². The molecule has 0 bridgehead atoms. The quantitative estimate of drug-likeness (QED) is 0.762. The molecule has 1 heterocycles. The molecule has 3 rings (SSSR count). The molecule has 2 unspecified atom stereocenters. The van der Waals surface area contributed by atoms with Gasteiger partial charge in [-0.25, -0.2) is 0 Å². The molecule has 2 atom stereocenters. The van der Waals surface area contributed by atoms with E-state index in [2.05, 4.69) is 10.6 Å². The van der Waals surface area contributed by atoms with Crippen molar-refractivity contribution in [1.82, 2.24) is 10.6 Å². The van der Waals surface area contributed by atoms with Gasteiger partial charge in [-0.1, -0.05) is 36.4 Å². The van der Waals surface area contributed by atoms with Crippen LogP contribution in [0.3, 0.4) is 0 Å². The van der Waals surface area contributed by atoms with E-state index in [1.807, 2.05) is 42.5 Å². The Bertz CT molecular complexity index is 684. The van der Waals surface area contributed by atoms with E-state index in [9.17, 15) is 14.7 Å². The van der Waals surface area contributed by atoms with Gasteiger partial charge in [-0.3, -0.25) is 14.9 Å². The molecular weight excluding hydrogens is 256 g/mol. The molecule has 0 radical (unpaired) electrons. The summed E-state index contributed by atoms with van der Waals surface area (Å²) >= 11 is 0. The number of benzene rings is 2. The number of hydrogen-bond donors (Lipinski definition) is 3. The highest BCUT2D eigenvalue weighted by molar-refractivity contribution is 5.86. The highest BCUT2D eigenvalue weighted by Crippen LogP contribution is 2.24. The maximum absolute atomic E-state index is 11.5. The molecule has 102 valence electrons. The third-order valence-corrected chi connectivity index (χ3v) is 3.53. The lowest BCUT2D eigenvalue weighted by molar-refractivity contribution is -0.142. The van der Waals surface area contributed by atoms with Gasteiger partial charge in [0.05, 0.1) is 12.6 Å². The molecule has 2 aromatic carbocycles. The Hall–Kier alpha value is -2.40. The van der Waals surface area contributed by atoms with Crippen LogP contribution in [0, 0.1) is 0 Å². The van der Waals surface area contributed by atoms with Crippen LogP contribution in [0.2, 0.25) is 0 Å². The van der Waals surface area contributed by atoms with E-state index in [4.69, 9.17) is 0 Å². The number of hydrogen-bond acceptors (Lipinski definition) is 3. The molecule has 1 fully saturated rings. The number of rotatable bonds is 2. The first-order valence-corrected chi connectivity index (χ1v) is 6.39. The number of amides is 1. The molecule has 0 spiro atoms. The third-order valence-electron chi connectivity index (χ3n) is 3.53. The Morgan fingerprint density at radius 3 is 2.65 bits per heavy atom. The molecule has 1 aliphatic rings. The second-order valence-electron chi connectivity index (χ2n) is 4.85. The number of carboxylic acids is 1. The molecule has 0 saturated carbocycles. The van der Waals surface area contributed by atoms with Crippen molar-refractivity contribution in [3.63, 3.8) is 0 Å². The summed E-state index contributed by atoms with van der Waals surface area (Å²) in [6.45, 7) is 0.0288. The fourth-order valence-corrected chi connectivity index (χ4v) is 2.54. The standard InChI is InChI=1S/C15H14N2O3/c18-12-8-16-14(15(19)20)13(17-12)11-6-5-9-3-1-2-4-10(9)7-11/h1-7,13-14,16H,8H2,(H,17,18)(H,19,20). The first kappa shape index (κ1) is 12.6. The average Bonchev–Trinajstić information content (AvgIpc) is 2.46. The van der Waals surface area contributed by atoms with Crippen molar-refractivity contribution in [2.75, 3.05) is 6.54 Å². The van der Waals surface area contributed by atoms with Gasteiger partial charge in [0.25, 0.3) is 0 Å². The number of fused-ring (bicyclic) bond motifs is 1. The molecule has 5 nitrogen and oxygen atoms in total. The largest absolute Gasteiger partial charge is 0.480 e. The van der Waals surface area contributed by atoms with Crippen molar-refractivity contribution < 1.29 is 14.7 Å². The molecule has 2 aromatic rings. The van der Waals surface area contributed by atoms with Crippen molar-refractivity contribution in [3.05, 3.63) is 48.0 Å². The smallest absolute Gasteiger partial charge is 0.323 e. The zero-order valence-corrected chi connectivity index (χ0v) is 10.7. The Kier molecular flexibility index (Phi) is 3.12. The number of carbonyl (C=O) groups excluding carboxylic acids is 1. The predicted molar refractivity (Wildman–Crippen MR) is 74.3 cm³/mol. The SMILES string of the molecule is O=C1CNC(C(=O)O)C(c2ccc3ccccc3c2)N1. The number of piperazine rings is 1. The summed E-state index contributed by atoms with van der Waals surface area (Å²) in [7, 11) is 0. The molecule has 1 aliphatic heterocycles. The predicted octanol–water partition coefficient (Wildman–Crippen LogP) is 1.05. The van der Waals surface area contributed by atoms with E-state index >= 15 is 0 Å². The minimum absolute atomic E-state index is 0.0288. The average molecular weight is 270 g/mol. The van der Waals surface area contributed by atoms with Crippen molar-refractivity contribution in [2.24, 2.45) is 0 Å². The molecule has 1 saturated heterocycles. The van der Waals surface area contributed by atoms with Gasteiger partial charge < -0.3 is 10.4 Å². The maximum Gasteiger partial charge on any atom is 0.323 e. The van der Waals surface area contributed by atoms with E-state index in [0.717, 1.165) is 16.3 Å². The van der Waals surface area contributed by atoms with Gasteiger partial charge in [-0.05, 0) is 22.4 Å². The Balaban J connectivity index is 2.02. The first-order chi connectivity index (χ1) is 9.65. The zero-order chi connectivity index (χ0) is 14.1. The van der Waals surface area contributed by atoms with Gasteiger partial charge in [0.1, 0.15) is 6.04 Å². The van der Waals surface area contributed by atoms with E-state index < -0.39 is 18.1 Å². The van der Waals surface area contributed by atoms with Crippen molar-refractivity contribution in [2.45, 2.75) is 12.1 Å². The molecule has 0 aromatic heterocycles. The molecule has 20 heavy (non-hydrogen) atoms. The van der Waals surface area contributed by atoms with Crippen LogP contribution in [0.25, 0.3) is 10.8 Å². The molecule has 1 amide bonds. The van der Waals surface area contributed by atoms with E-state index in [1.54, 1.807) is 0 Å². The minimum atomic E-state index is -0.969. The number of carbonyl (C=O) groups is 2. The number of carboxylic acid groups (broad SMARTS) is 1.